The molecule has 36 heavy (non-hydrogen) atoms. The van der Waals surface area contributed by atoms with Gasteiger partial charge in [0.05, 0.1) is 52.3 Å². The number of carbonyl (C=O) groups excluding carboxylic acids is 2. The summed E-state index contributed by atoms with van der Waals surface area (Å²) in [6, 6.07) is 22.9. The lowest BCUT2D eigenvalue weighted by Crippen LogP contribution is -2.36. The predicted octanol–water partition coefficient (Wildman–Crippen LogP) is 4.91. The van der Waals surface area contributed by atoms with Crippen LogP contribution in [0.25, 0.3) is 0 Å². The number of methoxy groups -OCH3 is 2. The number of hydrogen-bond acceptors (Lipinski definition) is 6. The van der Waals surface area contributed by atoms with Gasteiger partial charge in [-0.25, -0.2) is 4.79 Å². The van der Waals surface area contributed by atoms with E-state index >= 15 is 0 Å². The monoisotopic (exact) mass is 489 g/mol. The molecule has 1 atom stereocenters. The van der Waals surface area contributed by atoms with Gasteiger partial charge in [-0.1, -0.05) is 36.4 Å². The third kappa shape index (κ3) is 6.50. The summed E-state index contributed by atoms with van der Waals surface area (Å²) in [5.74, 6) is 0.543. The van der Waals surface area contributed by atoms with Crippen LogP contribution in [0.4, 0.5) is 5.69 Å². The number of nitrogens with zero attached hydrogens (tertiary/aromatic N) is 1. The summed E-state index contributed by atoms with van der Waals surface area (Å²) in [4.78, 5) is 26.2. The molecule has 7 heteroatoms. The highest BCUT2D eigenvalue weighted by atomic mass is 16.5. The van der Waals surface area contributed by atoms with Gasteiger partial charge in [-0.05, 0) is 59.5 Å². The Morgan fingerprint density at radius 1 is 0.861 bits per heavy atom. The molecule has 1 amide bonds. The third-order valence-corrected chi connectivity index (χ3v) is 6.16. The number of esters is 1. The minimum absolute atomic E-state index is 0.0292. The Hall–Kier alpha value is -3.68. The Labute approximate surface area is 211 Å². The Bertz CT molecular complexity index is 1160. The van der Waals surface area contributed by atoms with Gasteiger partial charge in [-0.15, -0.1) is 0 Å². The molecule has 3 aromatic rings. The second-order valence-corrected chi connectivity index (χ2v) is 8.67. The first kappa shape index (κ1) is 25.4. The van der Waals surface area contributed by atoms with E-state index < -0.39 is 0 Å². The number of anilines is 1. The molecule has 0 aliphatic carbocycles. The Morgan fingerprint density at radius 2 is 1.53 bits per heavy atom. The molecule has 7 nitrogen and oxygen atoms in total. The molecule has 0 aromatic heterocycles. The van der Waals surface area contributed by atoms with Crippen molar-refractivity contribution >= 4 is 17.6 Å². The van der Waals surface area contributed by atoms with E-state index in [0.29, 0.717) is 38.4 Å². The first-order valence-corrected chi connectivity index (χ1v) is 11.9. The SMILES string of the molecule is COC(=O)c1cccc(COCC2CCC(=O)N2c2ccc(COCc3ccc(OC)cc3)cc2)c1. The highest BCUT2D eigenvalue weighted by Crippen LogP contribution is 2.27. The molecule has 0 radical (unpaired) electrons. The van der Waals surface area contributed by atoms with Crippen LogP contribution in [-0.4, -0.2) is 38.7 Å². The third-order valence-electron chi connectivity index (χ3n) is 6.16. The highest BCUT2D eigenvalue weighted by Gasteiger charge is 2.32. The normalized spacial score (nSPS) is 15.2. The van der Waals surface area contributed by atoms with E-state index in [1.54, 1.807) is 25.3 Å². The molecule has 1 unspecified atom stereocenters. The van der Waals surface area contributed by atoms with E-state index in [2.05, 4.69) is 0 Å². The summed E-state index contributed by atoms with van der Waals surface area (Å²) in [6.07, 6.45) is 1.24. The average molecular weight is 490 g/mol. The summed E-state index contributed by atoms with van der Waals surface area (Å²) >= 11 is 0. The molecule has 1 aliphatic heterocycles. The van der Waals surface area contributed by atoms with E-state index in [1.807, 2.05) is 59.5 Å². The lowest BCUT2D eigenvalue weighted by Gasteiger charge is -2.25. The summed E-state index contributed by atoms with van der Waals surface area (Å²) in [5, 5.41) is 0. The Kier molecular flexibility index (Phi) is 8.71. The van der Waals surface area contributed by atoms with Crippen molar-refractivity contribution in [2.45, 2.75) is 38.7 Å². The molecular weight excluding hydrogens is 458 g/mol. The van der Waals surface area contributed by atoms with Crippen molar-refractivity contribution in [3.63, 3.8) is 0 Å². The topological polar surface area (TPSA) is 74.3 Å². The zero-order valence-electron chi connectivity index (χ0n) is 20.6. The van der Waals surface area contributed by atoms with Crippen molar-refractivity contribution in [1.29, 1.82) is 0 Å². The fourth-order valence-electron chi connectivity index (χ4n) is 4.24. The summed E-state index contributed by atoms with van der Waals surface area (Å²) in [5.41, 5.74) is 4.35. The summed E-state index contributed by atoms with van der Waals surface area (Å²) in [6.45, 7) is 1.77. The van der Waals surface area contributed by atoms with Crippen molar-refractivity contribution < 1.29 is 28.5 Å². The van der Waals surface area contributed by atoms with Gasteiger partial charge < -0.3 is 23.8 Å². The largest absolute Gasteiger partial charge is 0.497 e. The van der Waals surface area contributed by atoms with Crippen LogP contribution in [0, 0.1) is 0 Å². The van der Waals surface area contributed by atoms with Crippen LogP contribution in [0.1, 0.15) is 39.9 Å². The van der Waals surface area contributed by atoms with E-state index in [-0.39, 0.29) is 17.9 Å². The molecule has 1 heterocycles. The van der Waals surface area contributed by atoms with Crippen LogP contribution in [-0.2, 0) is 38.8 Å². The van der Waals surface area contributed by atoms with Crippen LogP contribution in [0.3, 0.4) is 0 Å². The van der Waals surface area contributed by atoms with Crippen molar-refractivity contribution in [3.05, 3.63) is 95.1 Å². The summed E-state index contributed by atoms with van der Waals surface area (Å²) in [7, 11) is 3.01. The number of hydrogen-bond donors (Lipinski definition) is 0. The molecule has 1 aliphatic rings. The lowest BCUT2D eigenvalue weighted by atomic mass is 10.1. The lowest BCUT2D eigenvalue weighted by molar-refractivity contribution is -0.117. The predicted molar refractivity (Wildman–Crippen MR) is 136 cm³/mol. The fraction of sp³-hybridized carbons (Fsp3) is 0.310. The Morgan fingerprint density at radius 3 is 2.19 bits per heavy atom. The standard InChI is InChI=1S/C29H31NO6/c1-33-27-13-8-22(9-14-27)18-35-17-21-6-10-25(11-7-21)30-26(12-15-28(30)31)20-36-19-23-4-3-5-24(16-23)29(32)34-2/h3-11,13-14,16,26H,12,15,17-20H2,1-2H3. The van der Waals surface area contributed by atoms with Gasteiger partial charge in [-0.2, -0.15) is 0 Å². The molecule has 188 valence electrons. The van der Waals surface area contributed by atoms with Gasteiger partial charge in [0.25, 0.3) is 0 Å². The van der Waals surface area contributed by atoms with E-state index in [0.717, 1.165) is 34.5 Å². The maximum Gasteiger partial charge on any atom is 0.337 e. The smallest absolute Gasteiger partial charge is 0.337 e. The van der Waals surface area contributed by atoms with Crippen LogP contribution in [0.2, 0.25) is 0 Å². The number of ether oxygens (including phenoxy) is 4. The first-order chi connectivity index (χ1) is 17.6. The maximum atomic E-state index is 12.6. The minimum atomic E-state index is -0.376. The van der Waals surface area contributed by atoms with Crippen molar-refractivity contribution in [1.82, 2.24) is 0 Å². The van der Waals surface area contributed by atoms with Crippen LogP contribution in [0.5, 0.6) is 5.75 Å². The van der Waals surface area contributed by atoms with Gasteiger partial charge in [-0.3, -0.25) is 4.79 Å². The molecule has 3 aromatic carbocycles. The first-order valence-electron chi connectivity index (χ1n) is 11.9. The number of amides is 1. The Balaban J connectivity index is 1.28. The van der Waals surface area contributed by atoms with Crippen molar-refractivity contribution in [2.24, 2.45) is 0 Å². The molecule has 1 fully saturated rings. The van der Waals surface area contributed by atoms with Gasteiger partial charge in [0.2, 0.25) is 5.91 Å². The molecule has 0 spiro atoms. The average Bonchev–Trinajstić information content (AvgIpc) is 3.29. The van der Waals surface area contributed by atoms with Gasteiger partial charge in [0, 0.05) is 12.1 Å². The van der Waals surface area contributed by atoms with Crippen molar-refractivity contribution in [2.75, 3.05) is 25.7 Å². The van der Waals surface area contributed by atoms with Crippen LogP contribution < -0.4 is 9.64 Å². The quantitative estimate of drug-likeness (QED) is 0.356. The molecule has 0 bridgehead atoms. The van der Waals surface area contributed by atoms with Crippen LogP contribution in [0.15, 0.2) is 72.8 Å². The number of rotatable bonds is 11. The fourth-order valence-corrected chi connectivity index (χ4v) is 4.24. The second kappa shape index (κ2) is 12.3. The number of carbonyl (C=O) groups is 2. The maximum absolute atomic E-state index is 12.6. The van der Waals surface area contributed by atoms with Gasteiger partial charge >= 0.3 is 5.97 Å². The van der Waals surface area contributed by atoms with Crippen molar-refractivity contribution in [3.8, 4) is 5.75 Å². The van der Waals surface area contributed by atoms with E-state index in [9.17, 15) is 9.59 Å². The second-order valence-electron chi connectivity index (χ2n) is 8.67. The molecule has 1 saturated heterocycles. The number of benzene rings is 3. The van der Waals surface area contributed by atoms with Gasteiger partial charge in [0.15, 0.2) is 0 Å². The molecule has 4 rings (SSSR count). The van der Waals surface area contributed by atoms with E-state index in [4.69, 9.17) is 18.9 Å². The molecular formula is C29H31NO6. The minimum Gasteiger partial charge on any atom is -0.497 e. The van der Waals surface area contributed by atoms with Crippen LogP contribution >= 0.6 is 0 Å². The molecule has 0 saturated carbocycles. The zero-order chi connectivity index (χ0) is 25.3. The highest BCUT2D eigenvalue weighted by molar-refractivity contribution is 5.96. The summed E-state index contributed by atoms with van der Waals surface area (Å²) < 4.78 is 21.7. The zero-order valence-corrected chi connectivity index (χ0v) is 20.6. The van der Waals surface area contributed by atoms with E-state index in [1.165, 1.54) is 7.11 Å². The van der Waals surface area contributed by atoms with Gasteiger partial charge in [0.1, 0.15) is 5.75 Å². The molecule has 0 N–H and O–H groups in total.